The normalized spacial score (nSPS) is 13.8. The Morgan fingerprint density at radius 1 is 1.29 bits per heavy atom. The molecule has 116 valence electrons. The Hall–Kier alpha value is -1.85. The van der Waals surface area contributed by atoms with Crippen LogP contribution in [0.3, 0.4) is 0 Å². The molecule has 1 aromatic heterocycles. The summed E-state index contributed by atoms with van der Waals surface area (Å²) in [6.45, 7) is 5.66. The molecular formula is C15H25N5O. The maximum Gasteiger partial charge on any atom is 0.224 e. The molecule has 1 aromatic rings. The second-order valence-corrected chi connectivity index (χ2v) is 5.52. The standard InChI is InChI=1S/C15H25N5O/c1-3-8-17-15-18-11(2)10-13(20-15)16-9-4-5-14(21)19-12-6-7-12/h10,12H,3-9H2,1-2H3,(H,19,21)(H2,16,17,18,20). The number of aryl methyl sites for hydroxylation is 1. The molecule has 0 aromatic carbocycles. The van der Waals surface area contributed by atoms with Crippen LogP contribution in [0.5, 0.6) is 0 Å². The maximum absolute atomic E-state index is 11.6. The molecule has 1 aliphatic carbocycles. The highest BCUT2D eigenvalue weighted by Crippen LogP contribution is 2.18. The van der Waals surface area contributed by atoms with Gasteiger partial charge in [0.05, 0.1) is 0 Å². The fourth-order valence-corrected chi connectivity index (χ4v) is 1.97. The zero-order valence-corrected chi connectivity index (χ0v) is 12.9. The van der Waals surface area contributed by atoms with Gasteiger partial charge in [-0.2, -0.15) is 4.98 Å². The van der Waals surface area contributed by atoms with Crippen molar-refractivity contribution in [2.45, 2.75) is 52.0 Å². The van der Waals surface area contributed by atoms with Crippen LogP contribution in [0.15, 0.2) is 6.07 Å². The summed E-state index contributed by atoms with van der Waals surface area (Å²) in [6, 6.07) is 2.36. The lowest BCUT2D eigenvalue weighted by Crippen LogP contribution is -2.25. The minimum Gasteiger partial charge on any atom is -0.370 e. The molecule has 1 fully saturated rings. The third-order valence-corrected chi connectivity index (χ3v) is 3.22. The summed E-state index contributed by atoms with van der Waals surface area (Å²) in [5.41, 5.74) is 0.928. The van der Waals surface area contributed by atoms with Gasteiger partial charge >= 0.3 is 0 Å². The molecule has 6 nitrogen and oxygen atoms in total. The Morgan fingerprint density at radius 3 is 2.81 bits per heavy atom. The summed E-state index contributed by atoms with van der Waals surface area (Å²) in [5.74, 6) is 1.62. The number of nitrogens with one attached hydrogen (secondary N) is 3. The minimum absolute atomic E-state index is 0.156. The van der Waals surface area contributed by atoms with Crippen molar-refractivity contribution in [1.82, 2.24) is 15.3 Å². The first kappa shape index (κ1) is 15.5. The van der Waals surface area contributed by atoms with Crippen molar-refractivity contribution in [3.8, 4) is 0 Å². The van der Waals surface area contributed by atoms with E-state index in [0.717, 1.165) is 50.3 Å². The van der Waals surface area contributed by atoms with E-state index >= 15 is 0 Å². The van der Waals surface area contributed by atoms with Gasteiger partial charge < -0.3 is 16.0 Å². The number of amides is 1. The average Bonchev–Trinajstić information content (AvgIpc) is 3.25. The summed E-state index contributed by atoms with van der Waals surface area (Å²) >= 11 is 0. The first-order valence-corrected chi connectivity index (χ1v) is 7.80. The van der Waals surface area contributed by atoms with E-state index in [0.29, 0.717) is 18.4 Å². The largest absolute Gasteiger partial charge is 0.370 e. The fraction of sp³-hybridized carbons (Fsp3) is 0.667. The molecule has 0 radical (unpaired) electrons. The third kappa shape index (κ3) is 5.97. The van der Waals surface area contributed by atoms with Crippen LogP contribution in [-0.2, 0) is 4.79 Å². The molecule has 0 spiro atoms. The van der Waals surface area contributed by atoms with Crippen LogP contribution in [0.4, 0.5) is 11.8 Å². The highest BCUT2D eigenvalue weighted by Gasteiger charge is 2.22. The SMILES string of the molecule is CCCNc1nc(C)cc(NCCCC(=O)NC2CC2)n1. The lowest BCUT2D eigenvalue weighted by molar-refractivity contribution is -0.121. The number of hydrogen-bond donors (Lipinski definition) is 3. The number of aromatic nitrogens is 2. The van der Waals surface area contributed by atoms with E-state index in [1.807, 2.05) is 13.0 Å². The molecule has 0 saturated heterocycles. The van der Waals surface area contributed by atoms with Gasteiger partial charge in [0.25, 0.3) is 0 Å². The number of carbonyl (C=O) groups excluding carboxylic acids is 1. The van der Waals surface area contributed by atoms with Crippen LogP contribution in [0.2, 0.25) is 0 Å². The van der Waals surface area contributed by atoms with Crippen LogP contribution >= 0.6 is 0 Å². The number of anilines is 2. The number of hydrogen-bond acceptors (Lipinski definition) is 5. The second-order valence-electron chi connectivity index (χ2n) is 5.52. The van der Waals surface area contributed by atoms with Crippen LogP contribution in [-0.4, -0.2) is 35.0 Å². The predicted molar refractivity (Wildman–Crippen MR) is 84.4 cm³/mol. The van der Waals surface area contributed by atoms with Crippen LogP contribution in [0.1, 0.15) is 44.7 Å². The van der Waals surface area contributed by atoms with E-state index in [1.165, 1.54) is 0 Å². The lowest BCUT2D eigenvalue weighted by atomic mass is 10.3. The van der Waals surface area contributed by atoms with E-state index in [4.69, 9.17) is 0 Å². The van der Waals surface area contributed by atoms with Crippen LogP contribution in [0, 0.1) is 6.92 Å². The van der Waals surface area contributed by atoms with E-state index in [9.17, 15) is 4.79 Å². The molecular weight excluding hydrogens is 266 g/mol. The zero-order chi connectivity index (χ0) is 15.1. The van der Waals surface area contributed by atoms with Crippen molar-refractivity contribution in [2.24, 2.45) is 0 Å². The van der Waals surface area contributed by atoms with Gasteiger partial charge in [0.2, 0.25) is 11.9 Å². The van der Waals surface area contributed by atoms with Gasteiger partial charge in [-0.05, 0) is 32.6 Å². The molecule has 0 bridgehead atoms. The smallest absolute Gasteiger partial charge is 0.224 e. The molecule has 21 heavy (non-hydrogen) atoms. The van der Waals surface area contributed by atoms with Crippen molar-refractivity contribution < 1.29 is 4.79 Å². The van der Waals surface area contributed by atoms with Gasteiger partial charge in [0.15, 0.2) is 0 Å². The quantitative estimate of drug-likeness (QED) is 0.607. The average molecular weight is 291 g/mol. The van der Waals surface area contributed by atoms with E-state index in [1.54, 1.807) is 0 Å². The van der Waals surface area contributed by atoms with Gasteiger partial charge in [-0.15, -0.1) is 0 Å². The summed E-state index contributed by atoms with van der Waals surface area (Å²) < 4.78 is 0. The summed E-state index contributed by atoms with van der Waals surface area (Å²) in [6.07, 6.45) is 4.68. The number of nitrogens with zero attached hydrogens (tertiary/aromatic N) is 2. The van der Waals surface area contributed by atoms with E-state index in [2.05, 4.69) is 32.8 Å². The molecule has 3 N–H and O–H groups in total. The maximum atomic E-state index is 11.6. The van der Waals surface area contributed by atoms with Crippen molar-refractivity contribution in [3.63, 3.8) is 0 Å². The van der Waals surface area contributed by atoms with Gasteiger partial charge in [-0.1, -0.05) is 6.92 Å². The summed E-state index contributed by atoms with van der Waals surface area (Å²) in [4.78, 5) is 20.3. The van der Waals surface area contributed by atoms with E-state index in [-0.39, 0.29) is 5.91 Å². The molecule has 0 unspecified atom stereocenters. The predicted octanol–water partition coefficient (Wildman–Crippen LogP) is 2.08. The Balaban J connectivity index is 1.71. The zero-order valence-electron chi connectivity index (χ0n) is 12.9. The van der Waals surface area contributed by atoms with Crippen molar-refractivity contribution in [2.75, 3.05) is 23.7 Å². The first-order chi connectivity index (χ1) is 10.2. The number of rotatable bonds is 9. The molecule has 1 aliphatic rings. The Morgan fingerprint density at radius 2 is 2.10 bits per heavy atom. The van der Waals surface area contributed by atoms with E-state index < -0.39 is 0 Å². The Kier molecular flexibility index (Phi) is 5.78. The second kappa shape index (κ2) is 7.81. The molecule has 1 saturated carbocycles. The molecule has 6 heteroatoms. The topological polar surface area (TPSA) is 78.9 Å². The monoisotopic (exact) mass is 291 g/mol. The van der Waals surface area contributed by atoms with Crippen molar-refractivity contribution in [3.05, 3.63) is 11.8 Å². The van der Waals surface area contributed by atoms with Gasteiger partial charge in [0, 0.05) is 37.3 Å². The summed E-state index contributed by atoms with van der Waals surface area (Å²) in [5, 5.41) is 9.43. The third-order valence-electron chi connectivity index (χ3n) is 3.22. The van der Waals surface area contributed by atoms with Crippen molar-refractivity contribution in [1.29, 1.82) is 0 Å². The van der Waals surface area contributed by atoms with Crippen LogP contribution < -0.4 is 16.0 Å². The summed E-state index contributed by atoms with van der Waals surface area (Å²) in [7, 11) is 0. The molecule has 1 amide bonds. The molecule has 0 atom stereocenters. The first-order valence-electron chi connectivity index (χ1n) is 7.80. The van der Waals surface area contributed by atoms with Gasteiger partial charge in [-0.3, -0.25) is 4.79 Å². The van der Waals surface area contributed by atoms with Crippen LogP contribution in [0.25, 0.3) is 0 Å². The highest BCUT2D eigenvalue weighted by atomic mass is 16.1. The molecule has 2 rings (SSSR count). The lowest BCUT2D eigenvalue weighted by Gasteiger charge is -2.09. The minimum atomic E-state index is 0.156. The van der Waals surface area contributed by atoms with Crippen molar-refractivity contribution >= 4 is 17.7 Å². The highest BCUT2D eigenvalue weighted by molar-refractivity contribution is 5.76. The Bertz CT molecular complexity index is 473. The fourth-order valence-electron chi connectivity index (χ4n) is 1.97. The molecule has 0 aliphatic heterocycles. The van der Waals surface area contributed by atoms with Gasteiger partial charge in [0.1, 0.15) is 5.82 Å². The van der Waals surface area contributed by atoms with Gasteiger partial charge in [-0.25, -0.2) is 4.98 Å². The number of carbonyl (C=O) groups is 1. The molecule has 1 heterocycles. The Labute approximate surface area is 126 Å².